The van der Waals surface area contributed by atoms with E-state index in [1.807, 2.05) is 0 Å². The molecule has 104 valence electrons. The molecule has 2 rings (SSSR count). The number of benzene rings is 1. The maximum Gasteiger partial charge on any atom is 0.251 e. The highest BCUT2D eigenvalue weighted by atomic mass is 35.5. The van der Waals surface area contributed by atoms with Gasteiger partial charge in [0.05, 0.1) is 15.7 Å². The highest BCUT2D eigenvalue weighted by Gasteiger charge is 2.23. The maximum atomic E-state index is 12.1. The number of nitrogens with two attached hydrogens (primary N) is 1. The van der Waals surface area contributed by atoms with Crippen LogP contribution >= 0.6 is 23.2 Å². The molecule has 0 saturated heterocycles. The molecular formula is C14H18Cl2N2O. The first-order chi connectivity index (χ1) is 8.99. The second kappa shape index (κ2) is 6.02. The lowest BCUT2D eigenvalue weighted by Crippen LogP contribution is -2.30. The maximum absolute atomic E-state index is 12.1. The summed E-state index contributed by atoms with van der Waals surface area (Å²) in [6, 6.07) is 3.11. The molecule has 3 nitrogen and oxygen atoms in total. The van der Waals surface area contributed by atoms with Gasteiger partial charge in [-0.25, -0.2) is 0 Å². The van der Waals surface area contributed by atoms with E-state index in [1.165, 1.54) is 19.3 Å². The lowest BCUT2D eigenvalue weighted by atomic mass is 9.98. The van der Waals surface area contributed by atoms with E-state index in [9.17, 15) is 4.79 Å². The minimum atomic E-state index is -0.149. The van der Waals surface area contributed by atoms with Crippen LogP contribution < -0.4 is 11.1 Å². The zero-order chi connectivity index (χ0) is 14.0. The number of amides is 1. The summed E-state index contributed by atoms with van der Waals surface area (Å²) in [6.45, 7) is 2.95. The van der Waals surface area contributed by atoms with Crippen molar-refractivity contribution >= 4 is 34.8 Å². The Hall–Kier alpha value is -0.930. The predicted octanol–water partition coefficient (Wildman–Crippen LogP) is 3.74. The SMILES string of the molecule is CC1CCCC1CNC(=O)c1cc(N)c(Cl)c(Cl)c1. The van der Waals surface area contributed by atoms with Crippen LogP contribution in [0, 0.1) is 11.8 Å². The van der Waals surface area contributed by atoms with Gasteiger partial charge in [-0.3, -0.25) is 4.79 Å². The number of halogens is 2. The van der Waals surface area contributed by atoms with Crippen molar-refractivity contribution in [3.8, 4) is 0 Å². The van der Waals surface area contributed by atoms with Gasteiger partial charge in [0, 0.05) is 12.1 Å². The van der Waals surface area contributed by atoms with Crippen molar-refractivity contribution < 1.29 is 4.79 Å². The van der Waals surface area contributed by atoms with Gasteiger partial charge >= 0.3 is 0 Å². The van der Waals surface area contributed by atoms with Crippen LogP contribution in [0.3, 0.4) is 0 Å². The number of hydrogen-bond acceptors (Lipinski definition) is 2. The standard InChI is InChI=1S/C14H18Cl2N2O/c1-8-3-2-4-9(8)7-18-14(19)10-5-11(15)13(16)12(17)6-10/h5-6,8-9H,2-4,7,17H2,1H3,(H,18,19). The Morgan fingerprint density at radius 2 is 2.16 bits per heavy atom. The molecule has 0 aromatic heterocycles. The lowest BCUT2D eigenvalue weighted by Gasteiger charge is -2.16. The van der Waals surface area contributed by atoms with Crippen molar-refractivity contribution in [2.45, 2.75) is 26.2 Å². The molecule has 1 aliphatic rings. The fourth-order valence-electron chi connectivity index (χ4n) is 2.59. The van der Waals surface area contributed by atoms with Gasteiger partial charge in [-0.05, 0) is 30.4 Å². The van der Waals surface area contributed by atoms with Gasteiger partial charge in [0.1, 0.15) is 0 Å². The molecule has 0 heterocycles. The van der Waals surface area contributed by atoms with Gasteiger partial charge in [-0.1, -0.05) is 43.0 Å². The van der Waals surface area contributed by atoms with Gasteiger partial charge in [-0.2, -0.15) is 0 Å². The first kappa shape index (κ1) is 14.5. The summed E-state index contributed by atoms with van der Waals surface area (Å²) in [6.07, 6.45) is 3.69. The van der Waals surface area contributed by atoms with Crippen LogP contribution in [0.5, 0.6) is 0 Å². The summed E-state index contributed by atoms with van der Waals surface area (Å²) in [5.41, 5.74) is 6.49. The number of nitrogens with one attached hydrogen (secondary N) is 1. The minimum Gasteiger partial charge on any atom is -0.397 e. The molecule has 3 N–H and O–H groups in total. The molecule has 5 heteroatoms. The number of nitrogen functional groups attached to an aromatic ring is 1. The van der Waals surface area contributed by atoms with E-state index in [2.05, 4.69) is 12.2 Å². The Kier molecular flexibility index (Phi) is 4.58. The van der Waals surface area contributed by atoms with E-state index < -0.39 is 0 Å². The Bertz CT molecular complexity index is 467. The molecule has 1 saturated carbocycles. The highest BCUT2D eigenvalue weighted by molar-refractivity contribution is 6.43. The molecule has 1 aromatic rings. The number of hydrogen-bond donors (Lipinski definition) is 2. The molecule has 19 heavy (non-hydrogen) atoms. The van der Waals surface area contributed by atoms with E-state index in [0.29, 0.717) is 39.7 Å². The van der Waals surface area contributed by atoms with Crippen LogP contribution in [-0.4, -0.2) is 12.5 Å². The normalized spacial score (nSPS) is 22.5. The van der Waals surface area contributed by atoms with E-state index in [1.54, 1.807) is 12.1 Å². The summed E-state index contributed by atoms with van der Waals surface area (Å²) in [5.74, 6) is 1.10. The smallest absolute Gasteiger partial charge is 0.251 e. The van der Waals surface area contributed by atoms with Crippen molar-refractivity contribution in [1.82, 2.24) is 5.32 Å². The summed E-state index contributed by atoms with van der Waals surface area (Å²) in [7, 11) is 0. The van der Waals surface area contributed by atoms with Crippen molar-refractivity contribution in [3.05, 3.63) is 27.7 Å². The molecule has 1 fully saturated rings. The lowest BCUT2D eigenvalue weighted by molar-refractivity contribution is 0.0944. The van der Waals surface area contributed by atoms with Crippen LogP contribution in [0.1, 0.15) is 36.5 Å². The van der Waals surface area contributed by atoms with Crippen molar-refractivity contribution in [2.24, 2.45) is 11.8 Å². The summed E-state index contributed by atoms with van der Waals surface area (Å²) < 4.78 is 0. The third-order valence-corrected chi connectivity index (χ3v) is 4.70. The van der Waals surface area contributed by atoms with E-state index in [0.717, 1.165) is 0 Å². The number of rotatable bonds is 3. The molecule has 1 aliphatic carbocycles. The zero-order valence-electron chi connectivity index (χ0n) is 10.9. The molecule has 1 amide bonds. The summed E-state index contributed by atoms with van der Waals surface area (Å²) >= 11 is 11.8. The Morgan fingerprint density at radius 1 is 1.42 bits per heavy atom. The Morgan fingerprint density at radius 3 is 2.74 bits per heavy atom. The van der Waals surface area contributed by atoms with E-state index in [-0.39, 0.29) is 5.91 Å². The average Bonchev–Trinajstić information content (AvgIpc) is 2.78. The second-order valence-corrected chi connectivity index (χ2v) is 6.02. The Labute approximate surface area is 123 Å². The molecule has 2 unspecified atom stereocenters. The molecule has 0 aliphatic heterocycles. The first-order valence-corrected chi connectivity index (χ1v) is 7.27. The number of carbonyl (C=O) groups excluding carboxylic acids is 1. The fourth-order valence-corrected chi connectivity index (χ4v) is 2.93. The minimum absolute atomic E-state index is 0.149. The number of anilines is 1. The number of carbonyl (C=O) groups is 1. The average molecular weight is 301 g/mol. The third kappa shape index (κ3) is 3.34. The predicted molar refractivity (Wildman–Crippen MR) is 79.7 cm³/mol. The molecule has 0 bridgehead atoms. The summed E-state index contributed by atoms with van der Waals surface area (Å²) in [4.78, 5) is 12.1. The van der Waals surface area contributed by atoms with E-state index in [4.69, 9.17) is 28.9 Å². The third-order valence-electron chi connectivity index (χ3n) is 3.88. The zero-order valence-corrected chi connectivity index (χ0v) is 12.4. The van der Waals surface area contributed by atoms with Crippen LogP contribution in [0.2, 0.25) is 10.0 Å². The van der Waals surface area contributed by atoms with Gasteiger partial charge < -0.3 is 11.1 Å². The molecule has 0 spiro atoms. The van der Waals surface area contributed by atoms with Crippen LogP contribution in [0.25, 0.3) is 0 Å². The van der Waals surface area contributed by atoms with Crippen LogP contribution in [-0.2, 0) is 0 Å². The van der Waals surface area contributed by atoms with Gasteiger partial charge in [0.25, 0.3) is 5.91 Å². The van der Waals surface area contributed by atoms with Crippen molar-refractivity contribution in [2.75, 3.05) is 12.3 Å². The highest BCUT2D eigenvalue weighted by Crippen LogP contribution is 2.31. The summed E-state index contributed by atoms with van der Waals surface area (Å²) in [5, 5.41) is 3.55. The van der Waals surface area contributed by atoms with Crippen molar-refractivity contribution in [1.29, 1.82) is 0 Å². The topological polar surface area (TPSA) is 55.1 Å². The van der Waals surface area contributed by atoms with Gasteiger partial charge in [0.2, 0.25) is 0 Å². The molecule has 1 aromatic carbocycles. The van der Waals surface area contributed by atoms with Crippen LogP contribution in [0.15, 0.2) is 12.1 Å². The molecule has 0 radical (unpaired) electrons. The monoisotopic (exact) mass is 300 g/mol. The fraction of sp³-hybridized carbons (Fsp3) is 0.500. The molecular weight excluding hydrogens is 283 g/mol. The van der Waals surface area contributed by atoms with E-state index >= 15 is 0 Å². The van der Waals surface area contributed by atoms with Gasteiger partial charge in [0.15, 0.2) is 0 Å². The van der Waals surface area contributed by atoms with Crippen molar-refractivity contribution in [3.63, 3.8) is 0 Å². The Balaban J connectivity index is 2.00. The largest absolute Gasteiger partial charge is 0.397 e. The van der Waals surface area contributed by atoms with Crippen LogP contribution in [0.4, 0.5) is 5.69 Å². The molecule has 2 atom stereocenters. The first-order valence-electron chi connectivity index (χ1n) is 6.51. The van der Waals surface area contributed by atoms with Gasteiger partial charge in [-0.15, -0.1) is 0 Å². The quantitative estimate of drug-likeness (QED) is 0.836. The second-order valence-electron chi connectivity index (χ2n) is 5.24.